The van der Waals surface area contributed by atoms with E-state index in [1.165, 1.54) is 24.8 Å². The lowest BCUT2D eigenvalue weighted by atomic mass is 9.91. The van der Waals surface area contributed by atoms with Gasteiger partial charge in [-0.1, -0.05) is 69.5 Å². The molecule has 24 heavy (non-hydrogen) atoms. The van der Waals surface area contributed by atoms with E-state index in [1.807, 2.05) is 12.1 Å². The molecule has 2 heteroatoms. The highest BCUT2D eigenvalue weighted by molar-refractivity contribution is 5.75. The summed E-state index contributed by atoms with van der Waals surface area (Å²) in [7, 11) is 0. The fraction of sp³-hybridized carbons (Fsp3) is 0.364. The minimum Gasteiger partial charge on any atom is -0.192 e. The van der Waals surface area contributed by atoms with Gasteiger partial charge in [0, 0.05) is 5.56 Å². The van der Waals surface area contributed by atoms with E-state index < -0.39 is 0 Å². The zero-order chi connectivity index (χ0) is 17.4. The number of hydrogen-bond donors (Lipinski definition) is 0. The minimum atomic E-state index is 0.502. The molecule has 0 unspecified atom stereocenters. The maximum Gasteiger partial charge on any atom is 0.101 e. The number of unbranched alkanes of at least 4 members (excludes halogenated alkanes) is 2. The Balaban J connectivity index is 2.35. The van der Waals surface area contributed by atoms with E-state index in [-0.39, 0.29) is 0 Å². The Morgan fingerprint density at radius 1 is 0.750 bits per heavy atom. The molecule has 0 atom stereocenters. The van der Waals surface area contributed by atoms with Crippen molar-refractivity contribution in [1.82, 2.24) is 0 Å². The van der Waals surface area contributed by atoms with Gasteiger partial charge in [-0.25, -0.2) is 0 Å². The predicted molar refractivity (Wildman–Crippen MR) is 98.5 cm³/mol. The van der Waals surface area contributed by atoms with Gasteiger partial charge >= 0.3 is 0 Å². The SMILES string of the molecule is CCCCCc1ccc(-c2ccc(CCC)c(C#N)c2C#N)cc1. The van der Waals surface area contributed by atoms with E-state index in [4.69, 9.17) is 0 Å². The number of hydrogen-bond acceptors (Lipinski definition) is 2. The van der Waals surface area contributed by atoms with Crippen LogP contribution in [0.5, 0.6) is 0 Å². The molecule has 0 aliphatic rings. The summed E-state index contributed by atoms with van der Waals surface area (Å²) in [5.74, 6) is 0. The lowest BCUT2D eigenvalue weighted by Crippen LogP contribution is -1.97. The molecule has 0 N–H and O–H groups in total. The molecular formula is C22H24N2. The first-order valence-corrected chi connectivity index (χ1v) is 8.80. The van der Waals surface area contributed by atoms with E-state index >= 15 is 0 Å². The third kappa shape index (κ3) is 4.03. The standard InChI is InChI=1S/C22H24N2/c1-3-5-6-8-17-9-11-19(12-10-17)20-14-13-18(7-4-2)21(15-23)22(20)16-24/h9-14H,3-8H2,1-2H3. The summed E-state index contributed by atoms with van der Waals surface area (Å²) in [6.45, 7) is 4.29. The fourth-order valence-corrected chi connectivity index (χ4v) is 3.04. The smallest absolute Gasteiger partial charge is 0.101 e. The third-order valence-corrected chi connectivity index (χ3v) is 4.37. The summed E-state index contributed by atoms with van der Waals surface area (Å²) in [6, 6.07) is 16.9. The van der Waals surface area contributed by atoms with Crippen LogP contribution in [0.15, 0.2) is 36.4 Å². The van der Waals surface area contributed by atoms with Crippen molar-refractivity contribution in [2.24, 2.45) is 0 Å². The number of nitriles is 2. The molecular weight excluding hydrogens is 292 g/mol. The largest absolute Gasteiger partial charge is 0.192 e. The van der Waals surface area contributed by atoms with Gasteiger partial charge in [-0.05, 0) is 36.0 Å². The Hall–Kier alpha value is -2.58. The van der Waals surface area contributed by atoms with Crippen LogP contribution in [0.1, 0.15) is 61.8 Å². The summed E-state index contributed by atoms with van der Waals surface area (Å²) in [4.78, 5) is 0. The first-order valence-electron chi connectivity index (χ1n) is 8.80. The molecule has 0 aromatic heterocycles. The molecule has 122 valence electrons. The lowest BCUT2D eigenvalue weighted by molar-refractivity contribution is 0.717. The van der Waals surface area contributed by atoms with Crippen molar-refractivity contribution < 1.29 is 0 Å². The van der Waals surface area contributed by atoms with Crippen LogP contribution in [0.3, 0.4) is 0 Å². The number of rotatable bonds is 7. The van der Waals surface area contributed by atoms with Crippen LogP contribution in [0.4, 0.5) is 0 Å². The van der Waals surface area contributed by atoms with Crippen LogP contribution >= 0.6 is 0 Å². The molecule has 0 saturated carbocycles. The average molecular weight is 316 g/mol. The molecule has 0 amide bonds. The summed E-state index contributed by atoms with van der Waals surface area (Å²) in [5, 5.41) is 19.1. The van der Waals surface area contributed by atoms with Crippen molar-refractivity contribution in [2.75, 3.05) is 0 Å². The summed E-state index contributed by atoms with van der Waals surface area (Å²) in [5.41, 5.74) is 5.19. The average Bonchev–Trinajstić information content (AvgIpc) is 2.62. The van der Waals surface area contributed by atoms with Gasteiger partial charge in [0.1, 0.15) is 12.1 Å². The normalized spacial score (nSPS) is 10.2. The van der Waals surface area contributed by atoms with Crippen molar-refractivity contribution >= 4 is 0 Å². The van der Waals surface area contributed by atoms with E-state index in [1.54, 1.807) is 0 Å². The highest BCUT2D eigenvalue weighted by atomic mass is 14.3. The second-order valence-electron chi connectivity index (χ2n) is 6.15. The zero-order valence-electron chi connectivity index (χ0n) is 14.6. The van der Waals surface area contributed by atoms with Crippen LogP contribution in [-0.2, 0) is 12.8 Å². The van der Waals surface area contributed by atoms with Gasteiger partial charge in [-0.2, -0.15) is 10.5 Å². The second kappa shape index (κ2) is 8.90. The van der Waals surface area contributed by atoms with Gasteiger partial charge in [0.05, 0.1) is 11.1 Å². The van der Waals surface area contributed by atoms with Crippen LogP contribution in [0.25, 0.3) is 11.1 Å². The Morgan fingerprint density at radius 3 is 2.04 bits per heavy atom. The van der Waals surface area contributed by atoms with Gasteiger partial charge in [-0.15, -0.1) is 0 Å². The van der Waals surface area contributed by atoms with Gasteiger partial charge in [0.15, 0.2) is 0 Å². The fourth-order valence-electron chi connectivity index (χ4n) is 3.04. The molecule has 0 aliphatic carbocycles. The molecule has 0 saturated heterocycles. The summed E-state index contributed by atoms with van der Waals surface area (Å²) < 4.78 is 0. The minimum absolute atomic E-state index is 0.502. The monoisotopic (exact) mass is 316 g/mol. The number of aryl methyl sites for hydroxylation is 2. The summed E-state index contributed by atoms with van der Waals surface area (Å²) in [6.07, 6.45) is 6.58. The molecule has 0 fully saturated rings. The zero-order valence-corrected chi connectivity index (χ0v) is 14.6. The molecule has 0 aliphatic heterocycles. The van der Waals surface area contributed by atoms with Gasteiger partial charge in [-0.3, -0.25) is 0 Å². The maximum atomic E-state index is 9.58. The maximum absolute atomic E-state index is 9.58. The van der Waals surface area contributed by atoms with E-state index in [2.05, 4.69) is 50.3 Å². The van der Waals surface area contributed by atoms with Crippen LogP contribution in [0.2, 0.25) is 0 Å². The second-order valence-corrected chi connectivity index (χ2v) is 6.15. The topological polar surface area (TPSA) is 47.6 Å². The quantitative estimate of drug-likeness (QED) is 0.608. The molecule has 0 heterocycles. The highest BCUT2D eigenvalue weighted by Crippen LogP contribution is 2.29. The van der Waals surface area contributed by atoms with Crippen molar-refractivity contribution in [1.29, 1.82) is 10.5 Å². The van der Waals surface area contributed by atoms with Crippen molar-refractivity contribution in [3.8, 4) is 23.3 Å². The van der Waals surface area contributed by atoms with E-state index in [0.29, 0.717) is 11.1 Å². The molecule has 2 aromatic rings. The van der Waals surface area contributed by atoms with Crippen molar-refractivity contribution in [2.45, 2.75) is 52.4 Å². The third-order valence-electron chi connectivity index (χ3n) is 4.37. The molecule has 0 radical (unpaired) electrons. The first-order chi connectivity index (χ1) is 11.7. The Morgan fingerprint density at radius 2 is 1.46 bits per heavy atom. The molecule has 2 aromatic carbocycles. The summed E-state index contributed by atoms with van der Waals surface area (Å²) >= 11 is 0. The van der Waals surface area contributed by atoms with Crippen molar-refractivity contribution in [3.63, 3.8) is 0 Å². The van der Waals surface area contributed by atoms with Crippen LogP contribution < -0.4 is 0 Å². The highest BCUT2D eigenvalue weighted by Gasteiger charge is 2.14. The molecule has 0 bridgehead atoms. The predicted octanol–water partition coefficient (Wildman–Crippen LogP) is 5.78. The van der Waals surface area contributed by atoms with Crippen molar-refractivity contribution in [3.05, 3.63) is 58.7 Å². The van der Waals surface area contributed by atoms with Gasteiger partial charge in [0.25, 0.3) is 0 Å². The first kappa shape index (κ1) is 17.8. The van der Waals surface area contributed by atoms with Crippen LogP contribution in [0, 0.1) is 22.7 Å². The van der Waals surface area contributed by atoms with Crippen LogP contribution in [-0.4, -0.2) is 0 Å². The Kier molecular flexibility index (Phi) is 6.59. The number of nitrogens with zero attached hydrogens (tertiary/aromatic N) is 2. The van der Waals surface area contributed by atoms with E-state index in [9.17, 15) is 10.5 Å². The van der Waals surface area contributed by atoms with Gasteiger partial charge < -0.3 is 0 Å². The molecule has 0 spiro atoms. The molecule has 2 nitrogen and oxygen atoms in total. The Labute approximate surface area is 145 Å². The Bertz CT molecular complexity index is 758. The number of benzene rings is 2. The molecule has 2 rings (SSSR count). The van der Waals surface area contributed by atoms with Gasteiger partial charge in [0.2, 0.25) is 0 Å². The van der Waals surface area contributed by atoms with E-state index in [0.717, 1.165) is 36.0 Å². The lowest BCUT2D eigenvalue weighted by Gasteiger charge is -2.11.